The molecule has 0 bridgehead atoms. The summed E-state index contributed by atoms with van der Waals surface area (Å²) in [6, 6.07) is -0.137. The number of nitrogens with one attached hydrogen (secondary N) is 1. The first kappa shape index (κ1) is 8.04. The van der Waals surface area contributed by atoms with E-state index in [4.69, 9.17) is 5.53 Å². The van der Waals surface area contributed by atoms with Crippen LogP contribution < -0.4 is 5.32 Å². The highest BCUT2D eigenvalue weighted by Crippen LogP contribution is 2.06. The SMILES string of the molecule is [N-]=[N+]=NC1CCNCC(=O)C1. The number of hydrogen-bond acceptors (Lipinski definition) is 3. The van der Waals surface area contributed by atoms with E-state index in [1.165, 1.54) is 0 Å². The first-order valence-corrected chi connectivity index (χ1v) is 3.59. The van der Waals surface area contributed by atoms with Crippen LogP contribution in [0.25, 0.3) is 10.4 Å². The zero-order chi connectivity index (χ0) is 8.10. The second kappa shape index (κ2) is 3.95. The Bertz CT molecular complexity index is 197. The lowest BCUT2D eigenvalue weighted by atomic mass is 10.1. The summed E-state index contributed by atoms with van der Waals surface area (Å²) in [4.78, 5) is 13.6. The zero-order valence-corrected chi connectivity index (χ0v) is 6.16. The fourth-order valence-electron chi connectivity index (χ4n) is 1.11. The van der Waals surface area contributed by atoms with Gasteiger partial charge in [0.2, 0.25) is 0 Å². The van der Waals surface area contributed by atoms with Crippen LogP contribution in [0.15, 0.2) is 5.11 Å². The van der Waals surface area contributed by atoms with Crippen LogP contribution >= 0.6 is 0 Å². The first-order valence-electron chi connectivity index (χ1n) is 3.59. The second-order valence-corrected chi connectivity index (χ2v) is 2.57. The van der Waals surface area contributed by atoms with Crippen LogP contribution in [0.1, 0.15) is 12.8 Å². The van der Waals surface area contributed by atoms with Gasteiger partial charge in [0.1, 0.15) is 5.78 Å². The lowest BCUT2D eigenvalue weighted by molar-refractivity contribution is -0.118. The van der Waals surface area contributed by atoms with Crippen LogP contribution in [-0.2, 0) is 4.79 Å². The van der Waals surface area contributed by atoms with E-state index in [-0.39, 0.29) is 11.8 Å². The molecule has 0 aliphatic carbocycles. The van der Waals surface area contributed by atoms with E-state index in [0.29, 0.717) is 13.0 Å². The molecule has 1 fully saturated rings. The molecular formula is C6H10N4O. The van der Waals surface area contributed by atoms with Crippen molar-refractivity contribution in [3.8, 4) is 0 Å². The quantitative estimate of drug-likeness (QED) is 0.341. The van der Waals surface area contributed by atoms with Crippen molar-refractivity contribution in [3.63, 3.8) is 0 Å². The van der Waals surface area contributed by atoms with E-state index >= 15 is 0 Å². The highest BCUT2D eigenvalue weighted by molar-refractivity contribution is 5.81. The van der Waals surface area contributed by atoms with Gasteiger partial charge in [0.05, 0.1) is 6.54 Å². The Morgan fingerprint density at radius 3 is 3.27 bits per heavy atom. The molecule has 60 valence electrons. The molecule has 0 aromatic rings. The molecular weight excluding hydrogens is 144 g/mol. The third-order valence-electron chi connectivity index (χ3n) is 1.65. The van der Waals surface area contributed by atoms with Gasteiger partial charge in [-0.05, 0) is 18.5 Å². The van der Waals surface area contributed by atoms with Gasteiger partial charge in [0.15, 0.2) is 0 Å². The lowest BCUT2D eigenvalue weighted by Crippen LogP contribution is -2.19. The number of nitrogens with zero attached hydrogens (tertiary/aromatic N) is 3. The number of ketones is 1. The number of carbonyl (C=O) groups is 1. The molecule has 1 saturated heterocycles. The smallest absolute Gasteiger partial charge is 0.147 e. The summed E-state index contributed by atoms with van der Waals surface area (Å²) in [5.74, 6) is 0.125. The normalized spacial score (nSPS) is 25.5. The summed E-state index contributed by atoms with van der Waals surface area (Å²) < 4.78 is 0. The van der Waals surface area contributed by atoms with Gasteiger partial charge >= 0.3 is 0 Å². The fraction of sp³-hybridized carbons (Fsp3) is 0.833. The van der Waals surface area contributed by atoms with Gasteiger partial charge < -0.3 is 5.32 Å². The van der Waals surface area contributed by atoms with Gasteiger partial charge in [0, 0.05) is 17.4 Å². The van der Waals surface area contributed by atoms with Gasteiger partial charge in [-0.15, -0.1) is 0 Å². The molecule has 5 heteroatoms. The number of hydrogen-bond donors (Lipinski definition) is 1. The molecule has 5 nitrogen and oxygen atoms in total. The monoisotopic (exact) mass is 154 g/mol. The highest BCUT2D eigenvalue weighted by Gasteiger charge is 2.15. The van der Waals surface area contributed by atoms with Crippen molar-refractivity contribution in [3.05, 3.63) is 10.4 Å². The van der Waals surface area contributed by atoms with Crippen LogP contribution in [0.4, 0.5) is 0 Å². The Morgan fingerprint density at radius 1 is 1.73 bits per heavy atom. The molecule has 1 aliphatic heterocycles. The molecule has 1 N–H and O–H groups in total. The minimum absolute atomic E-state index is 0.125. The van der Waals surface area contributed by atoms with Crippen molar-refractivity contribution in [2.24, 2.45) is 5.11 Å². The Hall–Kier alpha value is -1.06. The summed E-state index contributed by atoms with van der Waals surface area (Å²) in [7, 11) is 0. The summed E-state index contributed by atoms with van der Waals surface area (Å²) in [6.07, 6.45) is 1.15. The molecule has 0 aromatic carbocycles. The van der Waals surface area contributed by atoms with Crippen molar-refractivity contribution < 1.29 is 4.79 Å². The average molecular weight is 154 g/mol. The second-order valence-electron chi connectivity index (χ2n) is 2.57. The van der Waals surface area contributed by atoms with Crippen molar-refractivity contribution in [2.75, 3.05) is 13.1 Å². The topological polar surface area (TPSA) is 77.9 Å². The van der Waals surface area contributed by atoms with E-state index < -0.39 is 0 Å². The molecule has 0 radical (unpaired) electrons. The van der Waals surface area contributed by atoms with Crippen LogP contribution in [-0.4, -0.2) is 24.9 Å². The Labute approximate surface area is 64.4 Å². The molecule has 1 rings (SSSR count). The number of carbonyl (C=O) groups excluding carboxylic acids is 1. The third-order valence-corrected chi connectivity index (χ3v) is 1.65. The minimum atomic E-state index is -0.137. The molecule has 1 heterocycles. The largest absolute Gasteiger partial charge is 0.310 e. The molecule has 0 saturated carbocycles. The number of Topliss-reactive ketones (excluding diaryl/α,β-unsaturated/α-hetero) is 1. The Morgan fingerprint density at radius 2 is 2.55 bits per heavy atom. The third kappa shape index (κ3) is 2.57. The van der Waals surface area contributed by atoms with E-state index in [2.05, 4.69) is 15.3 Å². The predicted molar refractivity (Wildman–Crippen MR) is 40.0 cm³/mol. The minimum Gasteiger partial charge on any atom is -0.310 e. The molecule has 1 unspecified atom stereocenters. The van der Waals surface area contributed by atoms with Gasteiger partial charge in [-0.25, -0.2) is 0 Å². The molecule has 0 aromatic heterocycles. The Kier molecular flexibility index (Phi) is 2.89. The van der Waals surface area contributed by atoms with E-state index in [9.17, 15) is 4.79 Å². The van der Waals surface area contributed by atoms with E-state index in [0.717, 1.165) is 13.0 Å². The number of rotatable bonds is 1. The van der Waals surface area contributed by atoms with Crippen molar-refractivity contribution in [2.45, 2.75) is 18.9 Å². The fourth-order valence-corrected chi connectivity index (χ4v) is 1.11. The van der Waals surface area contributed by atoms with E-state index in [1.807, 2.05) is 0 Å². The number of azide groups is 1. The first-order chi connectivity index (χ1) is 5.33. The molecule has 1 atom stereocenters. The standard InChI is InChI=1S/C6H10N4O/c7-10-9-5-1-2-8-4-6(11)3-5/h5,8H,1-4H2. The maximum absolute atomic E-state index is 10.9. The summed E-state index contributed by atoms with van der Waals surface area (Å²) >= 11 is 0. The summed E-state index contributed by atoms with van der Waals surface area (Å²) in [5.41, 5.74) is 8.12. The van der Waals surface area contributed by atoms with Crippen molar-refractivity contribution in [1.29, 1.82) is 0 Å². The van der Waals surface area contributed by atoms with Crippen molar-refractivity contribution >= 4 is 5.78 Å². The zero-order valence-electron chi connectivity index (χ0n) is 6.16. The van der Waals surface area contributed by atoms with Gasteiger partial charge in [0.25, 0.3) is 0 Å². The molecule has 0 amide bonds. The predicted octanol–water partition coefficient (Wildman–Crippen LogP) is 0.618. The van der Waals surface area contributed by atoms with Crippen LogP contribution in [0.2, 0.25) is 0 Å². The maximum atomic E-state index is 10.9. The van der Waals surface area contributed by atoms with Crippen LogP contribution in [0, 0.1) is 0 Å². The van der Waals surface area contributed by atoms with Gasteiger partial charge in [-0.3, -0.25) is 4.79 Å². The van der Waals surface area contributed by atoms with Gasteiger partial charge in [-0.2, -0.15) is 0 Å². The molecule has 11 heavy (non-hydrogen) atoms. The molecule has 1 aliphatic rings. The van der Waals surface area contributed by atoms with Crippen LogP contribution in [0.3, 0.4) is 0 Å². The summed E-state index contributed by atoms with van der Waals surface area (Å²) in [5, 5.41) is 6.47. The average Bonchev–Trinajstić information content (AvgIpc) is 2.15. The molecule has 0 spiro atoms. The lowest BCUT2D eigenvalue weighted by Gasteiger charge is -2.01. The highest BCUT2D eigenvalue weighted by atomic mass is 16.1. The maximum Gasteiger partial charge on any atom is 0.147 e. The van der Waals surface area contributed by atoms with Crippen LogP contribution in [0.5, 0.6) is 0 Å². The van der Waals surface area contributed by atoms with E-state index in [1.54, 1.807) is 0 Å². The summed E-state index contributed by atoms with van der Waals surface area (Å²) in [6.45, 7) is 1.17. The van der Waals surface area contributed by atoms with Crippen molar-refractivity contribution in [1.82, 2.24) is 5.32 Å². The Balaban J connectivity index is 2.51. The van der Waals surface area contributed by atoms with Gasteiger partial charge in [-0.1, -0.05) is 5.11 Å².